The summed E-state index contributed by atoms with van der Waals surface area (Å²) in [5.41, 5.74) is 0. The Hall–Kier alpha value is -0.860. The predicted molar refractivity (Wildman–Crippen MR) is 28.9 cm³/mol. The SMILES string of the molecule is CN/C=C/CN=O. The molecule has 0 heterocycles. The van der Waals surface area contributed by atoms with Gasteiger partial charge < -0.3 is 5.32 Å². The molecule has 1 N–H and O–H groups in total. The van der Waals surface area contributed by atoms with Gasteiger partial charge in [-0.1, -0.05) is 5.18 Å². The van der Waals surface area contributed by atoms with Gasteiger partial charge in [-0.05, 0) is 12.3 Å². The lowest BCUT2D eigenvalue weighted by Gasteiger charge is -1.78. The zero-order chi connectivity index (χ0) is 5.54. The minimum atomic E-state index is 0.251. The van der Waals surface area contributed by atoms with Gasteiger partial charge in [-0.25, -0.2) is 0 Å². The molecule has 0 amide bonds. The minimum absolute atomic E-state index is 0.251. The van der Waals surface area contributed by atoms with E-state index in [1.54, 1.807) is 19.3 Å². The van der Waals surface area contributed by atoms with Crippen molar-refractivity contribution < 1.29 is 0 Å². The Morgan fingerprint density at radius 2 is 2.57 bits per heavy atom. The second kappa shape index (κ2) is 5.14. The second-order valence-corrected chi connectivity index (χ2v) is 1.00. The summed E-state index contributed by atoms with van der Waals surface area (Å²) in [4.78, 5) is 9.35. The summed E-state index contributed by atoms with van der Waals surface area (Å²) in [7, 11) is 1.77. The van der Waals surface area contributed by atoms with E-state index < -0.39 is 0 Å². The van der Waals surface area contributed by atoms with E-state index >= 15 is 0 Å². The van der Waals surface area contributed by atoms with Gasteiger partial charge in [0.05, 0.1) is 0 Å². The average molecular weight is 100 g/mol. The molecule has 0 aromatic heterocycles. The van der Waals surface area contributed by atoms with Gasteiger partial charge in [-0.15, -0.1) is 0 Å². The highest BCUT2D eigenvalue weighted by Gasteiger charge is 1.65. The zero-order valence-electron chi connectivity index (χ0n) is 4.22. The van der Waals surface area contributed by atoms with E-state index in [-0.39, 0.29) is 6.54 Å². The first-order valence-corrected chi connectivity index (χ1v) is 2.03. The number of nitroso groups, excluding NO2 is 1. The van der Waals surface area contributed by atoms with Gasteiger partial charge in [0, 0.05) is 7.05 Å². The molecule has 3 nitrogen and oxygen atoms in total. The van der Waals surface area contributed by atoms with Gasteiger partial charge in [-0.3, -0.25) is 0 Å². The fraction of sp³-hybridized carbons (Fsp3) is 0.500. The summed E-state index contributed by atoms with van der Waals surface area (Å²) in [6.07, 6.45) is 3.31. The van der Waals surface area contributed by atoms with Crippen LogP contribution >= 0.6 is 0 Å². The van der Waals surface area contributed by atoms with E-state index in [1.165, 1.54) is 0 Å². The maximum absolute atomic E-state index is 9.35. The maximum Gasteiger partial charge on any atom is 0.101 e. The molecule has 40 valence electrons. The van der Waals surface area contributed by atoms with Gasteiger partial charge in [-0.2, -0.15) is 4.91 Å². The smallest absolute Gasteiger partial charge is 0.101 e. The highest BCUT2D eigenvalue weighted by Crippen LogP contribution is 1.67. The molecule has 0 aliphatic carbocycles. The third-order valence-electron chi connectivity index (χ3n) is 0.464. The lowest BCUT2D eigenvalue weighted by atomic mass is 10.6. The van der Waals surface area contributed by atoms with E-state index in [9.17, 15) is 4.91 Å². The lowest BCUT2D eigenvalue weighted by molar-refractivity contribution is 1.08. The van der Waals surface area contributed by atoms with Crippen LogP contribution in [0.5, 0.6) is 0 Å². The summed E-state index contributed by atoms with van der Waals surface area (Å²) in [6.45, 7) is 0.251. The van der Waals surface area contributed by atoms with Crippen LogP contribution < -0.4 is 5.32 Å². The Labute approximate surface area is 42.4 Å². The molecule has 0 saturated carbocycles. The number of rotatable bonds is 3. The largest absolute Gasteiger partial charge is 0.394 e. The Balaban J connectivity index is 2.92. The minimum Gasteiger partial charge on any atom is -0.394 e. The van der Waals surface area contributed by atoms with E-state index in [0.717, 1.165) is 0 Å². The Bertz CT molecular complexity index is 70.1. The second-order valence-electron chi connectivity index (χ2n) is 1.00. The number of nitrogens with one attached hydrogen (secondary N) is 1. The molecular formula is C4H8N2O. The van der Waals surface area contributed by atoms with Crippen LogP contribution in [-0.4, -0.2) is 13.6 Å². The van der Waals surface area contributed by atoms with Crippen molar-refractivity contribution >= 4 is 0 Å². The topological polar surface area (TPSA) is 41.5 Å². The Kier molecular flexibility index (Phi) is 4.51. The summed E-state index contributed by atoms with van der Waals surface area (Å²) in [5, 5.41) is 5.32. The van der Waals surface area contributed by atoms with Crippen LogP contribution in [0.3, 0.4) is 0 Å². The van der Waals surface area contributed by atoms with Gasteiger partial charge in [0.15, 0.2) is 0 Å². The van der Waals surface area contributed by atoms with Crippen molar-refractivity contribution in [3.63, 3.8) is 0 Å². The first-order chi connectivity index (χ1) is 3.41. The molecule has 0 rings (SSSR count). The molecule has 7 heavy (non-hydrogen) atoms. The van der Waals surface area contributed by atoms with E-state index in [4.69, 9.17) is 0 Å². The van der Waals surface area contributed by atoms with Crippen molar-refractivity contribution in [2.45, 2.75) is 0 Å². The molecule has 0 unspecified atom stereocenters. The highest BCUT2D eigenvalue weighted by atomic mass is 16.3. The van der Waals surface area contributed by atoms with Crippen LogP contribution in [-0.2, 0) is 0 Å². The highest BCUT2D eigenvalue weighted by molar-refractivity contribution is 4.79. The van der Waals surface area contributed by atoms with Crippen LogP contribution in [0.4, 0.5) is 0 Å². The van der Waals surface area contributed by atoms with Gasteiger partial charge in [0.2, 0.25) is 0 Å². The summed E-state index contributed by atoms with van der Waals surface area (Å²) >= 11 is 0. The Morgan fingerprint density at radius 1 is 1.86 bits per heavy atom. The third-order valence-corrected chi connectivity index (χ3v) is 0.464. The van der Waals surface area contributed by atoms with Crippen molar-refractivity contribution in [2.75, 3.05) is 13.6 Å². The quantitative estimate of drug-likeness (QED) is 0.524. The fourth-order valence-corrected chi connectivity index (χ4v) is 0.214. The Morgan fingerprint density at radius 3 is 3.00 bits per heavy atom. The normalized spacial score (nSPS) is 9.29. The zero-order valence-corrected chi connectivity index (χ0v) is 4.22. The third kappa shape index (κ3) is 5.14. The number of nitrogens with zero attached hydrogens (tertiary/aromatic N) is 1. The van der Waals surface area contributed by atoms with Crippen molar-refractivity contribution in [1.82, 2.24) is 5.32 Å². The van der Waals surface area contributed by atoms with E-state index in [0.29, 0.717) is 0 Å². The van der Waals surface area contributed by atoms with Crippen molar-refractivity contribution in [2.24, 2.45) is 5.18 Å². The first-order valence-electron chi connectivity index (χ1n) is 2.03. The molecule has 3 heteroatoms. The monoisotopic (exact) mass is 100 g/mol. The molecule has 0 aromatic carbocycles. The summed E-state index contributed by atoms with van der Waals surface area (Å²) in [5.74, 6) is 0. The van der Waals surface area contributed by atoms with Crippen LogP contribution in [0.1, 0.15) is 0 Å². The number of hydrogen-bond donors (Lipinski definition) is 1. The van der Waals surface area contributed by atoms with Crippen molar-refractivity contribution in [3.8, 4) is 0 Å². The maximum atomic E-state index is 9.35. The fourth-order valence-electron chi connectivity index (χ4n) is 0.214. The van der Waals surface area contributed by atoms with E-state index in [1.807, 2.05) is 0 Å². The first kappa shape index (κ1) is 6.14. The van der Waals surface area contributed by atoms with Crippen molar-refractivity contribution in [1.29, 1.82) is 0 Å². The van der Waals surface area contributed by atoms with Crippen LogP contribution in [0.15, 0.2) is 17.5 Å². The molecule has 0 aliphatic heterocycles. The molecular weight excluding hydrogens is 92.1 g/mol. The molecule has 0 bridgehead atoms. The van der Waals surface area contributed by atoms with Gasteiger partial charge in [0.25, 0.3) is 0 Å². The van der Waals surface area contributed by atoms with Crippen molar-refractivity contribution in [3.05, 3.63) is 17.2 Å². The van der Waals surface area contributed by atoms with E-state index in [2.05, 4.69) is 10.5 Å². The molecule has 0 atom stereocenters. The molecule has 0 saturated heterocycles. The summed E-state index contributed by atoms with van der Waals surface area (Å²) < 4.78 is 0. The van der Waals surface area contributed by atoms with Crippen LogP contribution in [0, 0.1) is 4.91 Å². The molecule has 0 fully saturated rings. The van der Waals surface area contributed by atoms with Crippen LogP contribution in [0.25, 0.3) is 0 Å². The predicted octanol–water partition coefficient (Wildman–Crippen LogP) is 0.486. The molecule has 0 radical (unpaired) electrons. The lowest BCUT2D eigenvalue weighted by Crippen LogP contribution is -1.91. The van der Waals surface area contributed by atoms with Gasteiger partial charge in [0.1, 0.15) is 6.54 Å². The standard InChI is InChI=1S/C4H8N2O/c1-5-3-2-4-6-7/h2-3,5H,4H2,1H3/b3-2+. The molecule has 0 aromatic rings. The average Bonchev–Trinajstić information content (AvgIpc) is 1.69. The summed E-state index contributed by atoms with van der Waals surface area (Å²) in [6, 6.07) is 0. The number of hydrogen-bond acceptors (Lipinski definition) is 3. The molecule has 0 spiro atoms. The molecule has 0 aliphatic rings. The van der Waals surface area contributed by atoms with Crippen LogP contribution in [0.2, 0.25) is 0 Å². The van der Waals surface area contributed by atoms with Gasteiger partial charge >= 0.3 is 0 Å².